The van der Waals surface area contributed by atoms with Crippen LogP contribution in [-0.4, -0.2) is 63.5 Å². The summed E-state index contributed by atoms with van der Waals surface area (Å²) in [7, 11) is 1.58. The van der Waals surface area contributed by atoms with Crippen LogP contribution in [0.1, 0.15) is 18.4 Å². The Morgan fingerprint density at radius 1 is 1.17 bits per heavy atom. The number of anilines is 1. The van der Waals surface area contributed by atoms with Gasteiger partial charge in [-0.2, -0.15) is 0 Å². The minimum Gasteiger partial charge on any atom is -0.394 e. The largest absolute Gasteiger partial charge is 0.394 e. The van der Waals surface area contributed by atoms with Gasteiger partial charge >= 0.3 is 0 Å². The molecule has 0 saturated carbocycles. The van der Waals surface area contributed by atoms with E-state index in [-0.39, 0.29) is 29.6 Å². The molecule has 9 heteroatoms. The molecular formula is C26H28ClN3O4S. The number of amides is 3. The fourth-order valence-electron chi connectivity index (χ4n) is 6.13. The molecule has 3 amide bonds. The van der Waals surface area contributed by atoms with Crippen molar-refractivity contribution in [2.45, 2.75) is 41.3 Å². The Hall–Kier alpha value is -2.55. The number of hydrogen-bond donors (Lipinski definition) is 3. The van der Waals surface area contributed by atoms with Gasteiger partial charge in [0.2, 0.25) is 17.7 Å². The van der Waals surface area contributed by atoms with Gasteiger partial charge in [-0.15, -0.1) is 11.8 Å². The lowest BCUT2D eigenvalue weighted by Gasteiger charge is -2.37. The van der Waals surface area contributed by atoms with Gasteiger partial charge < -0.3 is 20.6 Å². The second-order valence-electron chi connectivity index (χ2n) is 9.44. The predicted octanol–water partition coefficient (Wildman–Crippen LogP) is 2.72. The Labute approximate surface area is 213 Å². The van der Waals surface area contributed by atoms with Crippen LogP contribution in [0.25, 0.3) is 0 Å². The first kappa shape index (κ1) is 24.2. The van der Waals surface area contributed by atoms with Gasteiger partial charge in [-0.05, 0) is 49.1 Å². The molecule has 3 aliphatic rings. The molecule has 2 aromatic rings. The van der Waals surface area contributed by atoms with Gasteiger partial charge in [-0.3, -0.25) is 14.4 Å². The molecule has 1 spiro atoms. The van der Waals surface area contributed by atoms with Crippen molar-refractivity contribution in [1.82, 2.24) is 10.2 Å². The van der Waals surface area contributed by atoms with Crippen molar-refractivity contribution in [1.29, 1.82) is 0 Å². The van der Waals surface area contributed by atoms with Crippen molar-refractivity contribution >= 4 is 46.8 Å². The van der Waals surface area contributed by atoms with Crippen molar-refractivity contribution < 1.29 is 19.5 Å². The summed E-state index contributed by atoms with van der Waals surface area (Å²) in [5.41, 5.74) is 1.54. The number of hydrogen-bond acceptors (Lipinski definition) is 5. The number of nitrogens with one attached hydrogen (secondary N) is 2. The van der Waals surface area contributed by atoms with Crippen molar-refractivity contribution in [3.05, 3.63) is 65.2 Å². The van der Waals surface area contributed by atoms with Gasteiger partial charge in [0.25, 0.3) is 0 Å². The Morgan fingerprint density at radius 2 is 1.89 bits per heavy atom. The molecule has 2 aromatic carbocycles. The molecule has 35 heavy (non-hydrogen) atoms. The smallest absolute Gasteiger partial charge is 0.248 e. The highest BCUT2D eigenvalue weighted by Crippen LogP contribution is 2.66. The molecule has 3 saturated heterocycles. The molecule has 3 heterocycles. The van der Waals surface area contributed by atoms with Gasteiger partial charge in [0.15, 0.2) is 0 Å². The lowest BCUT2D eigenvalue weighted by atomic mass is 9.70. The number of aliphatic hydroxyl groups excluding tert-OH is 1. The standard InChI is InChI=1S/C26H28ClN3O4S/c1-28-23(32)20-19-11-12-26(35-19)21(20)25(34)30(18(14-31)13-15-5-3-2-4-6-15)22(26)24(33)29-17-9-7-16(27)8-10-17/h2-10,18-22,31H,11-14H2,1H3,(H,28,32)(H,29,33)/t18-,19+,20-,21+,22?,26?/m1/s1. The Balaban J connectivity index is 1.54. The van der Waals surface area contributed by atoms with E-state index in [9.17, 15) is 19.5 Å². The number of halogens is 1. The van der Waals surface area contributed by atoms with Crippen molar-refractivity contribution in [2.75, 3.05) is 19.0 Å². The highest BCUT2D eigenvalue weighted by atomic mass is 35.5. The third-order valence-electron chi connectivity index (χ3n) is 7.57. The second kappa shape index (κ2) is 9.48. The summed E-state index contributed by atoms with van der Waals surface area (Å²) in [6.07, 6.45) is 1.86. The molecule has 184 valence electrons. The van der Waals surface area contributed by atoms with Crippen LogP contribution in [0.3, 0.4) is 0 Å². The number of carbonyl (C=O) groups is 3. The Morgan fingerprint density at radius 3 is 2.54 bits per heavy atom. The monoisotopic (exact) mass is 513 g/mol. The topological polar surface area (TPSA) is 98.7 Å². The maximum Gasteiger partial charge on any atom is 0.248 e. The fraction of sp³-hybridized carbons (Fsp3) is 0.423. The van der Waals surface area contributed by atoms with E-state index in [1.807, 2.05) is 30.3 Å². The van der Waals surface area contributed by atoms with Crippen molar-refractivity contribution in [3.8, 4) is 0 Å². The van der Waals surface area contributed by atoms with Crippen LogP contribution in [0.4, 0.5) is 5.69 Å². The summed E-state index contributed by atoms with van der Waals surface area (Å²) in [5, 5.41) is 16.7. The Bertz CT molecular complexity index is 1130. The molecule has 3 aliphatic heterocycles. The van der Waals surface area contributed by atoms with Crippen LogP contribution in [0.2, 0.25) is 5.02 Å². The number of likely N-dealkylation sites (tertiary alicyclic amines) is 1. The van der Waals surface area contributed by atoms with Crippen LogP contribution >= 0.6 is 23.4 Å². The lowest BCUT2D eigenvalue weighted by Crippen LogP contribution is -2.55. The van der Waals surface area contributed by atoms with Gasteiger partial charge in [-0.25, -0.2) is 0 Å². The van der Waals surface area contributed by atoms with Crippen LogP contribution < -0.4 is 10.6 Å². The zero-order valence-electron chi connectivity index (χ0n) is 19.3. The third-order valence-corrected chi connectivity index (χ3v) is 9.77. The quantitative estimate of drug-likeness (QED) is 0.529. The maximum absolute atomic E-state index is 14.0. The molecule has 0 radical (unpaired) electrons. The van der Waals surface area contributed by atoms with Gasteiger partial charge in [-0.1, -0.05) is 41.9 Å². The van der Waals surface area contributed by atoms with Crippen LogP contribution in [-0.2, 0) is 20.8 Å². The molecule has 6 atom stereocenters. The first-order valence-corrected chi connectivity index (χ1v) is 13.1. The first-order valence-electron chi connectivity index (χ1n) is 11.8. The number of rotatable bonds is 7. The summed E-state index contributed by atoms with van der Waals surface area (Å²) < 4.78 is -0.709. The molecule has 0 aliphatic carbocycles. The molecule has 2 bridgehead atoms. The van der Waals surface area contributed by atoms with E-state index in [4.69, 9.17) is 11.6 Å². The summed E-state index contributed by atoms with van der Waals surface area (Å²) in [5.74, 6) is -1.78. The molecular weight excluding hydrogens is 486 g/mol. The number of thioether (sulfide) groups is 1. The SMILES string of the molecule is CNC(=O)[C@@H]1[C@@H]2CCC3(S2)C(C(=O)Nc2ccc(Cl)cc2)N([C@@H](CO)Cc2ccccc2)C(=O)[C@H]13. The zero-order valence-corrected chi connectivity index (χ0v) is 20.9. The van der Waals surface area contributed by atoms with Gasteiger partial charge in [0.05, 0.1) is 29.2 Å². The number of nitrogens with zero attached hydrogens (tertiary/aromatic N) is 1. The fourth-order valence-corrected chi connectivity index (χ4v) is 8.46. The van der Waals surface area contributed by atoms with Gasteiger partial charge in [0.1, 0.15) is 6.04 Å². The molecule has 7 nitrogen and oxygen atoms in total. The maximum atomic E-state index is 14.0. The number of benzene rings is 2. The van der Waals surface area contributed by atoms with Crippen molar-refractivity contribution in [2.24, 2.45) is 11.8 Å². The van der Waals surface area contributed by atoms with Gasteiger partial charge in [0, 0.05) is 23.0 Å². The van der Waals surface area contributed by atoms with E-state index >= 15 is 0 Å². The van der Waals surface area contributed by atoms with Crippen LogP contribution in [0.15, 0.2) is 54.6 Å². The molecule has 2 unspecified atom stereocenters. The number of aliphatic hydroxyl groups is 1. The zero-order chi connectivity index (χ0) is 24.7. The van der Waals surface area contributed by atoms with E-state index < -0.39 is 28.7 Å². The lowest BCUT2D eigenvalue weighted by molar-refractivity contribution is -0.141. The normalized spacial score (nSPS) is 29.7. The summed E-state index contributed by atoms with van der Waals surface area (Å²) in [4.78, 5) is 42.3. The van der Waals surface area contributed by atoms with E-state index in [1.165, 1.54) is 0 Å². The molecule has 0 aromatic heterocycles. The minimum atomic E-state index is -0.804. The average Bonchev–Trinajstić information content (AvgIpc) is 3.51. The van der Waals surface area contributed by atoms with Crippen molar-refractivity contribution in [3.63, 3.8) is 0 Å². The first-order chi connectivity index (χ1) is 16.9. The van der Waals surface area contributed by atoms with E-state index in [0.29, 0.717) is 23.6 Å². The third kappa shape index (κ3) is 4.01. The average molecular weight is 514 g/mol. The van der Waals surface area contributed by atoms with Crippen LogP contribution in [0.5, 0.6) is 0 Å². The highest BCUT2D eigenvalue weighted by molar-refractivity contribution is 8.02. The predicted molar refractivity (Wildman–Crippen MR) is 136 cm³/mol. The Kier molecular flexibility index (Phi) is 6.55. The number of carbonyl (C=O) groups excluding carboxylic acids is 3. The summed E-state index contributed by atoms with van der Waals surface area (Å²) in [6, 6.07) is 15.0. The summed E-state index contributed by atoms with van der Waals surface area (Å²) in [6.45, 7) is -0.285. The van der Waals surface area contributed by atoms with Crippen LogP contribution in [0, 0.1) is 11.8 Å². The minimum absolute atomic E-state index is 0.00131. The van der Waals surface area contributed by atoms with E-state index in [2.05, 4.69) is 10.6 Å². The summed E-state index contributed by atoms with van der Waals surface area (Å²) >= 11 is 7.61. The highest BCUT2D eigenvalue weighted by Gasteiger charge is 2.74. The molecule has 3 fully saturated rings. The number of fused-ring (bicyclic) bond motifs is 1. The molecule has 5 rings (SSSR count). The van der Waals surface area contributed by atoms with E-state index in [0.717, 1.165) is 12.0 Å². The second-order valence-corrected chi connectivity index (χ2v) is 11.5. The van der Waals surface area contributed by atoms with E-state index in [1.54, 1.807) is 48.0 Å². The molecule has 3 N–H and O–H groups in total.